The van der Waals surface area contributed by atoms with Gasteiger partial charge in [-0.05, 0) is 63.1 Å². The molecule has 1 N–H and O–H groups in total. The number of hydrogen-bond donors (Lipinski definition) is 1. The fourth-order valence-electron chi connectivity index (χ4n) is 4.58. The lowest BCUT2D eigenvalue weighted by atomic mass is 9.73. The quantitative estimate of drug-likeness (QED) is 0.794. The molecule has 4 rings (SSSR count). The SMILES string of the molecule is CC(C)NC(=O)C1(Cc2ccccc2-c2cccnc2)CCCN(C(=O)C2CC2)C1. The molecule has 1 unspecified atom stereocenters. The van der Waals surface area contributed by atoms with E-state index in [1.807, 2.05) is 43.1 Å². The van der Waals surface area contributed by atoms with Crippen LogP contribution in [0.4, 0.5) is 0 Å². The molecule has 5 heteroatoms. The number of carbonyl (C=O) groups is 2. The third-order valence-electron chi connectivity index (χ3n) is 6.24. The van der Waals surface area contributed by atoms with Crippen molar-refractivity contribution in [3.8, 4) is 11.1 Å². The average molecular weight is 406 g/mol. The van der Waals surface area contributed by atoms with E-state index in [-0.39, 0.29) is 23.8 Å². The summed E-state index contributed by atoms with van der Waals surface area (Å²) in [7, 11) is 0. The maximum Gasteiger partial charge on any atom is 0.228 e. The Hall–Kier alpha value is -2.69. The van der Waals surface area contributed by atoms with Crippen LogP contribution in [0.5, 0.6) is 0 Å². The smallest absolute Gasteiger partial charge is 0.228 e. The summed E-state index contributed by atoms with van der Waals surface area (Å²) in [5.41, 5.74) is 2.68. The third kappa shape index (κ3) is 4.40. The molecular weight excluding hydrogens is 374 g/mol. The molecule has 0 radical (unpaired) electrons. The van der Waals surface area contributed by atoms with Crippen molar-refractivity contribution in [2.24, 2.45) is 11.3 Å². The molecule has 1 aliphatic carbocycles. The summed E-state index contributed by atoms with van der Waals surface area (Å²) < 4.78 is 0. The highest BCUT2D eigenvalue weighted by Crippen LogP contribution is 2.39. The van der Waals surface area contributed by atoms with Crippen molar-refractivity contribution in [3.63, 3.8) is 0 Å². The van der Waals surface area contributed by atoms with E-state index in [4.69, 9.17) is 0 Å². The van der Waals surface area contributed by atoms with Gasteiger partial charge in [-0.25, -0.2) is 0 Å². The van der Waals surface area contributed by atoms with Crippen molar-refractivity contribution in [2.45, 2.75) is 52.0 Å². The molecule has 1 saturated carbocycles. The number of pyridine rings is 1. The van der Waals surface area contributed by atoms with Gasteiger partial charge < -0.3 is 10.2 Å². The number of carbonyl (C=O) groups excluding carboxylic acids is 2. The maximum atomic E-state index is 13.5. The van der Waals surface area contributed by atoms with Crippen molar-refractivity contribution < 1.29 is 9.59 Å². The van der Waals surface area contributed by atoms with Gasteiger partial charge in [0.25, 0.3) is 0 Å². The van der Waals surface area contributed by atoms with Gasteiger partial charge >= 0.3 is 0 Å². The topological polar surface area (TPSA) is 62.3 Å². The van der Waals surface area contributed by atoms with Crippen molar-refractivity contribution in [3.05, 3.63) is 54.4 Å². The summed E-state index contributed by atoms with van der Waals surface area (Å²) in [6.45, 7) is 5.24. The Morgan fingerprint density at radius 3 is 2.70 bits per heavy atom. The lowest BCUT2D eigenvalue weighted by Gasteiger charge is -2.42. The molecule has 2 aliphatic rings. The first-order valence-corrected chi connectivity index (χ1v) is 11.1. The zero-order valence-corrected chi connectivity index (χ0v) is 17.9. The van der Waals surface area contributed by atoms with E-state index in [2.05, 4.69) is 28.5 Å². The van der Waals surface area contributed by atoms with Gasteiger partial charge in [0.2, 0.25) is 11.8 Å². The molecule has 2 fully saturated rings. The predicted octanol–water partition coefficient (Wildman–Crippen LogP) is 3.83. The van der Waals surface area contributed by atoms with Crippen LogP contribution in [-0.4, -0.2) is 40.8 Å². The Morgan fingerprint density at radius 1 is 1.20 bits per heavy atom. The van der Waals surface area contributed by atoms with Crippen LogP contribution in [0.3, 0.4) is 0 Å². The zero-order valence-electron chi connectivity index (χ0n) is 17.9. The Balaban J connectivity index is 1.67. The molecule has 158 valence electrons. The molecule has 1 aliphatic heterocycles. The number of rotatable bonds is 6. The average Bonchev–Trinajstić information content (AvgIpc) is 3.59. The van der Waals surface area contributed by atoms with Gasteiger partial charge in [-0.15, -0.1) is 0 Å². The molecule has 0 spiro atoms. The van der Waals surface area contributed by atoms with Crippen LogP contribution < -0.4 is 5.32 Å². The Labute approximate surface area is 178 Å². The van der Waals surface area contributed by atoms with Gasteiger partial charge in [-0.2, -0.15) is 0 Å². The number of benzene rings is 1. The minimum Gasteiger partial charge on any atom is -0.353 e. The molecule has 1 aromatic carbocycles. The highest BCUT2D eigenvalue weighted by Gasteiger charge is 2.46. The van der Waals surface area contributed by atoms with E-state index < -0.39 is 5.41 Å². The van der Waals surface area contributed by atoms with Crippen LogP contribution in [0.15, 0.2) is 48.8 Å². The summed E-state index contributed by atoms with van der Waals surface area (Å²) in [5, 5.41) is 3.15. The van der Waals surface area contributed by atoms with Crippen LogP contribution in [0.1, 0.15) is 45.1 Å². The lowest BCUT2D eigenvalue weighted by Crippen LogP contribution is -2.55. The van der Waals surface area contributed by atoms with E-state index in [9.17, 15) is 9.59 Å². The molecule has 1 atom stereocenters. The molecule has 2 amide bonds. The Morgan fingerprint density at radius 2 is 2.00 bits per heavy atom. The molecule has 2 heterocycles. The second kappa shape index (κ2) is 8.58. The standard InChI is InChI=1S/C25H31N3O2/c1-18(2)27-24(30)25(12-6-14-28(17-25)23(29)19-10-11-19)15-20-7-3-4-9-22(20)21-8-5-13-26-16-21/h3-5,7-9,13,16,18-19H,6,10-12,14-15,17H2,1-2H3,(H,27,30). The first kappa shape index (κ1) is 20.6. The van der Waals surface area contributed by atoms with Gasteiger partial charge in [0.15, 0.2) is 0 Å². The molecule has 2 aromatic rings. The van der Waals surface area contributed by atoms with Crippen molar-refractivity contribution in [2.75, 3.05) is 13.1 Å². The fraction of sp³-hybridized carbons (Fsp3) is 0.480. The number of nitrogens with zero attached hydrogens (tertiary/aromatic N) is 2. The second-order valence-electron chi connectivity index (χ2n) is 9.12. The summed E-state index contributed by atoms with van der Waals surface area (Å²) in [6.07, 6.45) is 7.88. The Kier molecular flexibility index (Phi) is 5.89. The number of nitrogens with one attached hydrogen (secondary N) is 1. The second-order valence-corrected chi connectivity index (χ2v) is 9.12. The fourth-order valence-corrected chi connectivity index (χ4v) is 4.58. The number of aromatic nitrogens is 1. The van der Waals surface area contributed by atoms with E-state index >= 15 is 0 Å². The number of hydrogen-bond acceptors (Lipinski definition) is 3. The first-order valence-electron chi connectivity index (χ1n) is 11.1. The van der Waals surface area contributed by atoms with Gasteiger partial charge in [-0.1, -0.05) is 30.3 Å². The zero-order chi connectivity index (χ0) is 21.1. The number of amides is 2. The molecule has 5 nitrogen and oxygen atoms in total. The van der Waals surface area contributed by atoms with Crippen LogP contribution in [0.2, 0.25) is 0 Å². The van der Waals surface area contributed by atoms with Gasteiger partial charge in [0.05, 0.1) is 5.41 Å². The van der Waals surface area contributed by atoms with Crippen molar-refractivity contribution >= 4 is 11.8 Å². The van der Waals surface area contributed by atoms with Gasteiger partial charge in [0, 0.05) is 43.0 Å². The third-order valence-corrected chi connectivity index (χ3v) is 6.24. The van der Waals surface area contributed by atoms with E-state index in [0.717, 1.165) is 48.9 Å². The highest BCUT2D eigenvalue weighted by molar-refractivity contribution is 5.86. The molecule has 1 aromatic heterocycles. The molecule has 30 heavy (non-hydrogen) atoms. The molecule has 0 bridgehead atoms. The minimum absolute atomic E-state index is 0.0618. The minimum atomic E-state index is -0.606. The Bertz CT molecular complexity index is 908. The van der Waals surface area contributed by atoms with Crippen molar-refractivity contribution in [1.29, 1.82) is 0 Å². The van der Waals surface area contributed by atoms with Gasteiger partial charge in [-0.3, -0.25) is 14.6 Å². The first-order chi connectivity index (χ1) is 14.5. The monoisotopic (exact) mass is 405 g/mol. The molecular formula is C25H31N3O2. The summed E-state index contributed by atoms with van der Waals surface area (Å²) >= 11 is 0. The largest absolute Gasteiger partial charge is 0.353 e. The van der Waals surface area contributed by atoms with E-state index in [1.165, 1.54) is 0 Å². The summed E-state index contributed by atoms with van der Waals surface area (Å²) in [6, 6.07) is 12.3. The van der Waals surface area contributed by atoms with Gasteiger partial charge in [0.1, 0.15) is 0 Å². The van der Waals surface area contributed by atoms with E-state index in [0.29, 0.717) is 13.0 Å². The van der Waals surface area contributed by atoms with E-state index in [1.54, 1.807) is 6.20 Å². The summed E-state index contributed by atoms with van der Waals surface area (Å²) in [4.78, 5) is 32.5. The van der Waals surface area contributed by atoms with Crippen LogP contribution >= 0.6 is 0 Å². The van der Waals surface area contributed by atoms with Crippen LogP contribution in [0, 0.1) is 11.3 Å². The lowest BCUT2D eigenvalue weighted by molar-refractivity contribution is -0.142. The number of likely N-dealkylation sites (tertiary alicyclic amines) is 1. The molecule has 1 saturated heterocycles. The van der Waals surface area contributed by atoms with Crippen LogP contribution in [0.25, 0.3) is 11.1 Å². The highest BCUT2D eigenvalue weighted by atomic mass is 16.2. The van der Waals surface area contributed by atoms with Crippen molar-refractivity contribution in [1.82, 2.24) is 15.2 Å². The predicted molar refractivity (Wildman–Crippen MR) is 118 cm³/mol. The van der Waals surface area contributed by atoms with Crippen LogP contribution in [-0.2, 0) is 16.0 Å². The normalized spacial score (nSPS) is 21.5. The maximum absolute atomic E-state index is 13.5. The number of piperidine rings is 1. The summed E-state index contributed by atoms with van der Waals surface area (Å²) in [5.74, 6) is 0.473.